The van der Waals surface area contributed by atoms with E-state index in [0.717, 1.165) is 0 Å². The van der Waals surface area contributed by atoms with Gasteiger partial charge in [0.05, 0.1) is 25.8 Å². The zero-order chi connectivity index (χ0) is 14.7. The third-order valence-corrected chi connectivity index (χ3v) is 3.66. The molecule has 1 aromatic carbocycles. The topological polar surface area (TPSA) is 55.8 Å². The number of carbonyl (C=O) groups is 2. The Kier molecular flexibility index (Phi) is 4.72. The Hall–Kier alpha value is -1.47. The van der Waals surface area contributed by atoms with Crippen molar-refractivity contribution in [3.8, 4) is 0 Å². The maximum atomic E-state index is 13.8. The van der Waals surface area contributed by atoms with Gasteiger partial charge in [0, 0.05) is 11.0 Å². The van der Waals surface area contributed by atoms with Crippen LogP contribution in [0.4, 0.5) is 4.39 Å². The van der Waals surface area contributed by atoms with Crippen LogP contribution in [0.15, 0.2) is 22.7 Å². The largest absolute Gasteiger partial charge is 0.467 e. The first-order valence-corrected chi connectivity index (χ1v) is 6.76. The second kappa shape index (κ2) is 6.32. The van der Waals surface area contributed by atoms with E-state index in [9.17, 15) is 14.0 Å². The molecule has 0 bridgehead atoms. The van der Waals surface area contributed by atoms with Crippen molar-refractivity contribution in [3.63, 3.8) is 0 Å². The van der Waals surface area contributed by atoms with Gasteiger partial charge in [-0.15, -0.1) is 0 Å². The number of ether oxygens (including phenoxy) is 2. The molecule has 0 spiro atoms. The molecule has 2 rings (SSSR count). The van der Waals surface area contributed by atoms with Gasteiger partial charge in [-0.2, -0.15) is 0 Å². The summed E-state index contributed by atoms with van der Waals surface area (Å²) in [7, 11) is 1.25. The predicted molar refractivity (Wildman–Crippen MR) is 71.8 cm³/mol. The first kappa shape index (κ1) is 14.9. The van der Waals surface area contributed by atoms with Crippen molar-refractivity contribution < 1.29 is 23.5 Å². The molecule has 0 N–H and O–H groups in total. The maximum Gasteiger partial charge on any atom is 0.336 e. The molecule has 1 amide bonds. The maximum absolute atomic E-state index is 13.8. The number of amides is 1. The minimum atomic E-state index is -0.830. The van der Waals surface area contributed by atoms with Gasteiger partial charge < -0.3 is 14.4 Å². The van der Waals surface area contributed by atoms with Gasteiger partial charge in [0.25, 0.3) is 5.91 Å². The van der Waals surface area contributed by atoms with Gasteiger partial charge in [0.1, 0.15) is 5.82 Å². The van der Waals surface area contributed by atoms with E-state index in [1.807, 2.05) is 0 Å². The van der Waals surface area contributed by atoms with E-state index in [1.54, 1.807) is 6.07 Å². The molecule has 1 unspecified atom stereocenters. The highest BCUT2D eigenvalue weighted by molar-refractivity contribution is 9.10. The van der Waals surface area contributed by atoms with Gasteiger partial charge in [-0.25, -0.2) is 9.18 Å². The summed E-state index contributed by atoms with van der Waals surface area (Å²) in [5.41, 5.74) is -0.0435. The summed E-state index contributed by atoms with van der Waals surface area (Å²) in [5.74, 6) is -1.63. The highest BCUT2D eigenvalue weighted by Gasteiger charge is 2.31. The summed E-state index contributed by atoms with van der Waals surface area (Å²) >= 11 is 3.16. The molecule has 1 aliphatic heterocycles. The molecule has 7 heteroatoms. The molecule has 108 valence electrons. The van der Waals surface area contributed by atoms with Crippen LogP contribution < -0.4 is 0 Å². The Balaban J connectivity index is 2.19. The number of benzene rings is 1. The summed E-state index contributed by atoms with van der Waals surface area (Å²) in [5, 5.41) is 0. The average molecular weight is 346 g/mol. The van der Waals surface area contributed by atoms with E-state index in [1.165, 1.54) is 24.1 Å². The monoisotopic (exact) mass is 345 g/mol. The molecule has 0 aromatic heterocycles. The smallest absolute Gasteiger partial charge is 0.336 e. The second-order valence-electron chi connectivity index (χ2n) is 4.23. The molecule has 0 aliphatic carbocycles. The van der Waals surface area contributed by atoms with Crippen molar-refractivity contribution in [2.24, 2.45) is 0 Å². The third-order valence-electron chi connectivity index (χ3n) is 2.99. The standard InChI is InChI=1S/C13H13BrFNO4/c1-19-13(18)10-7-16(5-6-20-10)12(17)11-8(14)3-2-4-9(11)15/h2-4,10H,5-7H2,1H3. The minimum Gasteiger partial charge on any atom is -0.467 e. The summed E-state index contributed by atoms with van der Waals surface area (Å²) in [4.78, 5) is 25.2. The average Bonchev–Trinajstić information content (AvgIpc) is 2.46. The van der Waals surface area contributed by atoms with Crippen LogP contribution in [-0.4, -0.2) is 49.7 Å². The van der Waals surface area contributed by atoms with Gasteiger partial charge in [-0.1, -0.05) is 6.07 Å². The molecule has 1 fully saturated rings. The van der Waals surface area contributed by atoms with Gasteiger partial charge >= 0.3 is 5.97 Å². The van der Waals surface area contributed by atoms with Crippen molar-refractivity contribution in [2.45, 2.75) is 6.10 Å². The number of carbonyl (C=O) groups excluding carboxylic acids is 2. The Morgan fingerprint density at radius 2 is 2.25 bits per heavy atom. The second-order valence-corrected chi connectivity index (χ2v) is 5.08. The van der Waals surface area contributed by atoms with Crippen LogP contribution in [0.3, 0.4) is 0 Å². The van der Waals surface area contributed by atoms with Crippen molar-refractivity contribution in [2.75, 3.05) is 26.8 Å². The molecule has 1 aliphatic rings. The third kappa shape index (κ3) is 2.99. The summed E-state index contributed by atoms with van der Waals surface area (Å²) in [6, 6.07) is 4.32. The minimum absolute atomic E-state index is 0.0435. The lowest BCUT2D eigenvalue weighted by molar-refractivity contribution is -0.158. The lowest BCUT2D eigenvalue weighted by Crippen LogP contribution is -2.49. The van der Waals surface area contributed by atoms with Crippen LogP contribution >= 0.6 is 15.9 Å². The molecule has 1 atom stereocenters. The lowest BCUT2D eigenvalue weighted by atomic mass is 10.1. The number of morpholine rings is 1. The van der Waals surface area contributed by atoms with Crippen molar-refractivity contribution in [3.05, 3.63) is 34.1 Å². The zero-order valence-corrected chi connectivity index (χ0v) is 12.4. The Morgan fingerprint density at radius 3 is 2.90 bits per heavy atom. The van der Waals surface area contributed by atoms with Crippen LogP contribution in [0.1, 0.15) is 10.4 Å². The van der Waals surface area contributed by atoms with Gasteiger partial charge in [0.15, 0.2) is 6.10 Å². The number of esters is 1. The number of methoxy groups -OCH3 is 1. The van der Waals surface area contributed by atoms with Crippen molar-refractivity contribution >= 4 is 27.8 Å². The summed E-state index contributed by atoms with van der Waals surface area (Å²) in [6.07, 6.45) is -0.830. The highest BCUT2D eigenvalue weighted by atomic mass is 79.9. The number of hydrogen-bond donors (Lipinski definition) is 0. The lowest BCUT2D eigenvalue weighted by Gasteiger charge is -2.31. The fraction of sp³-hybridized carbons (Fsp3) is 0.385. The van der Waals surface area contributed by atoms with E-state index >= 15 is 0 Å². The quantitative estimate of drug-likeness (QED) is 0.764. The van der Waals surface area contributed by atoms with E-state index < -0.39 is 23.8 Å². The highest BCUT2D eigenvalue weighted by Crippen LogP contribution is 2.22. The first-order chi connectivity index (χ1) is 9.54. The first-order valence-electron chi connectivity index (χ1n) is 5.97. The van der Waals surface area contributed by atoms with E-state index in [2.05, 4.69) is 20.7 Å². The van der Waals surface area contributed by atoms with Crippen LogP contribution in [-0.2, 0) is 14.3 Å². The van der Waals surface area contributed by atoms with E-state index in [0.29, 0.717) is 11.0 Å². The molecule has 1 aromatic rings. The molecule has 1 saturated heterocycles. The SMILES string of the molecule is COC(=O)C1CN(C(=O)c2c(F)cccc2Br)CCO1. The van der Waals surface area contributed by atoms with Gasteiger partial charge in [-0.3, -0.25) is 4.79 Å². The number of halogens is 2. The molecular formula is C13H13BrFNO4. The normalized spacial score (nSPS) is 18.8. The van der Waals surface area contributed by atoms with Crippen LogP contribution in [0.5, 0.6) is 0 Å². The van der Waals surface area contributed by atoms with Crippen LogP contribution in [0.2, 0.25) is 0 Å². The summed E-state index contributed by atoms with van der Waals surface area (Å²) in [6.45, 7) is 0.553. The number of nitrogens with zero attached hydrogens (tertiary/aromatic N) is 1. The van der Waals surface area contributed by atoms with Gasteiger partial charge in [-0.05, 0) is 28.1 Å². The summed E-state index contributed by atoms with van der Waals surface area (Å²) < 4.78 is 24.0. The molecule has 0 saturated carbocycles. The van der Waals surface area contributed by atoms with E-state index in [-0.39, 0.29) is 18.7 Å². The van der Waals surface area contributed by atoms with Crippen LogP contribution in [0, 0.1) is 5.82 Å². The zero-order valence-electron chi connectivity index (χ0n) is 10.8. The molecule has 5 nitrogen and oxygen atoms in total. The van der Waals surface area contributed by atoms with Crippen molar-refractivity contribution in [1.82, 2.24) is 4.90 Å². The fourth-order valence-corrected chi connectivity index (χ4v) is 2.48. The Morgan fingerprint density at radius 1 is 1.50 bits per heavy atom. The predicted octanol–water partition coefficient (Wildman–Crippen LogP) is 1.60. The molecule has 1 heterocycles. The van der Waals surface area contributed by atoms with Crippen molar-refractivity contribution in [1.29, 1.82) is 0 Å². The Bertz CT molecular complexity index is 517. The fourth-order valence-electron chi connectivity index (χ4n) is 1.97. The number of hydrogen-bond acceptors (Lipinski definition) is 4. The molecule has 0 radical (unpaired) electrons. The van der Waals surface area contributed by atoms with E-state index in [4.69, 9.17) is 4.74 Å². The van der Waals surface area contributed by atoms with Gasteiger partial charge in [0.2, 0.25) is 0 Å². The Labute approximate surface area is 123 Å². The molecular weight excluding hydrogens is 333 g/mol. The molecule has 20 heavy (non-hydrogen) atoms. The van der Waals surface area contributed by atoms with Crippen LogP contribution in [0.25, 0.3) is 0 Å². The number of rotatable bonds is 2.